The van der Waals surface area contributed by atoms with Crippen molar-refractivity contribution in [2.24, 2.45) is 4.99 Å². The summed E-state index contributed by atoms with van der Waals surface area (Å²) in [7, 11) is 1.79. The van der Waals surface area contributed by atoms with E-state index in [2.05, 4.69) is 51.0 Å². The second-order valence-electron chi connectivity index (χ2n) is 6.96. The zero-order valence-corrected chi connectivity index (χ0v) is 20.7. The highest BCUT2D eigenvalue weighted by molar-refractivity contribution is 14.0. The van der Waals surface area contributed by atoms with Gasteiger partial charge in [0.2, 0.25) is 0 Å². The molecule has 8 heteroatoms. The molecule has 0 spiro atoms. The summed E-state index contributed by atoms with van der Waals surface area (Å²) in [5.74, 6) is 1.72. The largest absolute Gasteiger partial charge is 0.494 e. The van der Waals surface area contributed by atoms with Gasteiger partial charge in [-0.1, -0.05) is 12.1 Å². The van der Waals surface area contributed by atoms with E-state index in [1.54, 1.807) is 18.4 Å². The second-order valence-corrected chi connectivity index (χ2v) is 7.80. The van der Waals surface area contributed by atoms with Crippen molar-refractivity contribution in [1.82, 2.24) is 15.6 Å². The number of anilines is 1. The Morgan fingerprint density at radius 3 is 2.79 bits per heavy atom. The fraction of sp³-hybridized carbons (Fsp3) is 0.524. The number of thiazole rings is 1. The number of rotatable bonds is 8. The van der Waals surface area contributed by atoms with Gasteiger partial charge in [-0.15, -0.1) is 35.3 Å². The Bertz CT molecular complexity index is 789. The van der Waals surface area contributed by atoms with Crippen LogP contribution in [0.1, 0.15) is 36.6 Å². The van der Waals surface area contributed by atoms with E-state index in [1.807, 2.05) is 6.92 Å². The van der Waals surface area contributed by atoms with Gasteiger partial charge in [-0.2, -0.15) is 0 Å². The first-order chi connectivity index (χ1) is 13.7. The predicted molar refractivity (Wildman–Crippen MR) is 133 cm³/mol. The molecule has 29 heavy (non-hydrogen) atoms. The van der Waals surface area contributed by atoms with Crippen molar-refractivity contribution in [2.75, 3.05) is 38.2 Å². The van der Waals surface area contributed by atoms with Gasteiger partial charge in [-0.25, -0.2) is 4.98 Å². The molecule has 0 atom stereocenters. The van der Waals surface area contributed by atoms with E-state index in [-0.39, 0.29) is 24.0 Å². The molecular formula is C21H32IN5OS. The molecule has 2 heterocycles. The number of aromatic nitrogens is 1. The van der Waals surface area contributed by atoms with Gasteiger partial charge in [0.05, 0.1) is 12.3 Å². The van der Waals surface area contributed by atoms with E-state index in [1.165, 1.54) is 18.4 Å². The van der Waals surface area contributed by atoms with Crippen molar-refractivity contribution in [1.29, 1.82) is 0 Å². The highest BCUT2D eigenvalue weighted by Gasteiger charge is 2.15. The van der Waals surface area contributed by atoms with Gasteiger partial charge in [0, 0.05) is 50.6 Å². The summed E-state index contributed by atoms with van der Waals surface area (Å²) >= 11 is 1.75. The number of nitrogens with zero attached hydrogens (tertiary/aromatic N) is 3. The summed E-state index contributed by atoms with van der Waals surface area (Å²) in [6.45, 7) is 8.51. The number of hydrogen-bond donors (Lipinski definition) is 2. The molecule has 2 aromatic rings. The third-order valence-corrected chi connectivity index (χ3v) is 5.73. The number of nitrogens with one attached hydrogen (secondary N) is 2. The van der Waals surface area contributed by atoms with Gasteiger partial charge in [-0.05, 0) is 38.3 Å². The van der Waals surface area contributed by atoms with E-state index >= 15 is 0 Å². The average molecular weight is 529 g/mol. The number of benzene rings is 1. The molecule has 0 bridgehead atoms. The molecule has 0 amide bonds. The Hall–Kier alpha value is -1.55. The quantitative estimate of drug-likeness (QED) is 0.308. The van der Waals surface area contributed by atoms with Crippen LogP contribution in [0, 0.1) is 6.92 Å². The zero-order chi connectivity index (χ0) is 19.8. The first-order valence-electron chi connectivity index (χ1n) is 10.1. The van der Waals surface area contributed by atoms with Crippen LogP contribution in [-0.2, 0) is 13.0 Å². The fourth-order valence-corrected chi connectivity index (χ4v) is 4.18. The number of halogens is 1. The molecule has 0 radical (unpaired) electrons. The van der Waals surface area contributed by atoms with E-state index in [4.69, 9.17) is 9.72 Å². The number of aliphatic imine (C=N–C) groups is 1. The van der Waals surface area contributed by atoms with Gasteiger partial charge in [0.25, 0.3) is 0 Å². The van der Waals surface area contributed by atoms with Crippen LogP contribution in [0.5, 0.6) is 5.75 Å². The third-order valence-electron chi connectivity index (χ3n) is 4.78. The Balaban J connectivity index is 0.00000300. The fourth-order valence-electron chi connectivity index (χ4n) is 3.27. The van der Waals surface area contributed by atoms with E-state index in [0.717, 1.165) is 54.2 Å². The molecule has 1 aromatic heterocycles. The number of guanidine groups is 1. The van der Waals surface area contributed by atoms with Crippen molar-refractivity contribution >= 4 is 46.4 Å². The first-order valence-corrected chi connectivity index (χ1v) is 10.9. The van der Waals surface area contributed by atoms with Crippen LogP contribution in [-0.4, -0.2) is 44.2 Å². The van der Waals surface area contributed by atoms with Crippen LogP contribution in [0.15, 0.2) is 28.6 Å². The summed E-state index contributed by atoms with van der Waals surface area (Å²) in [5.41, 5.74) is 3.48. The molecule has 1 fully saturated rings. The molecule has 2 N–H and O–H groups in total. The maximum Gasteiger partial charge on any atom is 0.191 e. The SMILES string of the molecule is CCOc1cc(C)ccc1CNC(=NC)NCCc1csc(N2CCCC2)n1.I. The zero-order valence-electron chi connectivity index (χ0n) is 17.5. The monoisotopic (exact) mass is 529 g/mol. The summed E-state index contributed by atoms with van der Waals surface area (Å²) in [5, 5.41) is 10.1. The van der Waals surface area contributed by atoms with Gasteiger partial charge in [0.15, 0.2) is 11.1 Å². The standard InChI is InChI=1S/C21H31N5OS.HI/c1-4-27-19-13-16(2)7-8-17(19)14-24-20(22-3)23-10-9-18-15-28-21(25-18)26-11-5-6-12-26;/h7-8,13,15H,4-6,9-12,14H2,1-3H3,(H2,22,23,24);1H. The van der Waals surface area contributed by atoms with E-state index in [9.17, 15) is 0 Å². The highest BCUT2D eigenvalue weighted by atomic mass is 127. The maximum absolute atomic E-state index is 5.76. The summed E-state index contributed by atoms with van der Waals surface area (Å²) in [6, 6.07) is 6.29. The lowest BCUT2D eigenvalue weighted by molar-refractivity contribution is 0.336. The first kappa shape index (κ1) is 23.7. The highest BCUT2D eigenvalue weighted by Crippen LogP contribution is 2.24. The normalized spacial score (nSPS) is 13.9. The molecule has 3 rings (SSSR count). The van der Waals surface area contributed by atoms with Crippen LogP contribution < -0.4 is 20.3 Å². The van der Waals surface area contributed by atoms with E-state index in [0.29, 0.717) is 13.2 Å². The molecule has 0 saturated carbocycles. The Morgan fingerprint density at radius 2 is 2.07 bits per heavy atom. The number of ether oxygens (including phenoxy) is 1. The van der Waals surface area contributed by atoms with Gasteiger partial charge < -0.3 is 20.3 Å². The van der Waals surface area contributed by atoms with Crippen LogP contribution in [0.4, 0.5) is 5.13 Å². The van der Waals surface area contributed by atoms with Crippen LogP contribution in [0.2, 0.25) is 0 Å². The minimum Gasteiger partial charge on any atom is -0.494 e. The second kappa shape index (κ2) is 12.2. The molecule has 0 aliphatic carbocycles. The molecule has 6 nitrogen and oxygen atoms in total. The third kappa shape index (κ3) is 7.02. The summed E-state index contributed by atoms with van der Waals surface area (Å²) in [6.07, 6.45) is 3.45. The lowest BCUT2D eigenvalue weighted by atomic mass is 10.1. The van der Waals surface area contributed by atoms with Crippen LogP contribution >= 0.6 is 35.3 Å². The van der Waals surface area contributed by atoms with Crippen molar-refractivity contribution in [3.05, 3.63) is 40.4 Å². The average Bonchev–Trinajstić information content (AvgIpc) is 3.37. The van der Waals surface area contributed by atoms with Crippen molar-refractivity contribution in [3.63, 3.8) is 0 Å². The molecule has 160 valence electrons. The Labute approximate surface area is 195 Å². The summed E-state index contributed by atoms with van der Waals surface area (Å²) in [4.78, 5) is 11.5. The molecule has 1 aliphatic heterocycles. The van der Waals surface area contributed by atoms with Gasteiger partial charge in [0.1, 0.15) is 5.75 Å². The summed E-state index contributed by atoms with van der Waals surface area (Å²) < 4.78 is 5.76. The predicted octanol–water partition coefficient (Wildman–Crippen LogP) is 3.98. The van der Waals surface area contributed by atoms with Crippen LogP contribution in [0.25, 0.3) is 0 Å². The number of hydrogen-bond acceptors (Lipinski definition) is 5. The van der Waals surface area contributed by atoms with Crippen molar-refractivity contribution < 1.29 is 4.74 Å². The van der Waals surface area contributed by atoms with Gasteiger partial charge in [-0.3, -0.25) is 4.99 Å². The Kier molecular flexibility index (Phi) is 9.99. The lowest BCUT2D eigenvalue weighted by Crippen LogP contribution is -2.38. The van der Waals surface area contributed by atoms with Crippen LogP contribution in [0.3, 0.4) is 0 Å². The maximum atomic E-state index is 5.76. The molecule has 1 saturated heterocycles. The minimum absolute atomic E-state index is 0. The Morgan fingerprint density at radius 1 is 1.28 bits per heavy atom. The molecule has 1 aliphatic rings. The number of aryl methyl sites for hydroxylation is 1. The van der Waals surface area contributed by atoms with Crippen molar-refractivity contribution in [3.8, 4) is 5.75 Å². The lowest BCUT2D eigenvalue weighted by Gasteiger charge is -2.15. The topological polar surface area (TPSA) is 61.8 Å². The van der Waals surface area contributed by atoms with E-state index < -0.39 is 0 Å². The van der Waals surface area contributed by atoms with Gasteiger partial charge >= 0.3 is 0 Å². The minimum atomic E-state index is 0. The van der Waals surface area contributed by atoms with Crippen molar-refractivity contribution in [2.45, 2.75) is 39.7 Å². The smallest absolute Gasteiger partial charge is 0.191 e. The molecule has 1 aromatic carbocycles. The molecular weight excluding hydrogens is 497 g/mol. The molecule has 0 unspecified atom stereocenters.